The summed E-state index contributed by atoms with van der Waals surface area (Å²) in [5.74, 6) is 2.15. The second-order valence-electron chi connectivity index (χ2n) is 9.31. The topological polar surface area (TPSA) is 74.5 Å². The van der Waals surface area contributed by atoms with Crippen LogP contribution < -0.4 is 0 Å². The number of carbonyl (C=O) groups excluding carboxylic acids is 1. The Morgan fingerprint density at radius 1 is 1.13 bits per heavy atom. The van der Waals surface area contributed by atoms with Crippen molar-refractivity contribution in [2.75, 3.05) is 19.6 Å². The van der Waals surface area contributed by atoms with Crippen LogP contribution in [0.15, 0.2) is 30.3 Å². The maximum atomic E-state index is 13.5. The molecule has 2 aromatic rings. The first-order chi connectivity index (χ1) is 14.5. The van der Waals surface area contributed by atoms with Crippen LogP contribution in [0.1, 0.15) is 56.4 Å². The summed E-state index contributed by atoms with van der Waals surface area (Å²) in [6.45, 7) is 7.07. The fourth-order valence-electron chi connectivity index (χ4n) is 5.27. The van der Waals surface area contributed by atoms with E-state index in [4.69, 9.17) is 0 Å². The van der Waals surface area contributed by atoms with E-state index in [1.54, 1.807) is 0 Å². The molecule has 160 valence electrons. The van der Waals surface area contributed by atoms with Crippen LogP contribution in [0.5, 0.6) is 0 Å². The number of carbonyl (C=O) groups is 1. The number of amides is 1. The molecule has 0 bridgehead atoms. The average molecular weight is 410 g/mol. The minimum atomic E-state index is -0.324. The Hall–Kier alpha value is -2.25. The first-order valence-electron chi connectivity index (χ1n) is 11.2. The molecule has 7 heteroatoms. The van der Waals surface area contributed by atoms with Crippen LogP contribution in [-0.2, 0) is 23.2 Å². The summed E-state index contributed by atoms with van der Waals surface area (Å²) in [4.78, 5) is 17.8. The number of aliphatic hydroxyl groups excluding tert-OH is 1. The number of aromatic nitrogens is 3. The molecule has 2 atom stereocenters. The van der Waals surface area contributed by atoms with Gasteiger partial charge in [0.2, 0.25) is 5.91 Å². The van der Waals surface area contributed by atoms with Crippen LogP contribution in [-0.4, -0.2) is 67.4 Å². The number of hydrogen-bond acceptors (Lipinski definition) is 5. The highest BCUT2D eigenvalue weighted by Gasteiger charge is 2.53. The normalized spacial score (nSPS) is 25.9. The number of likely N-dealkylation sites (tertiary alicyclic amines) is 1. The summed E-state index contributed by atoms with van der Waals surface area (Å²) < 4.78 is 2.20. The molecule has 1 aromatic carbocycles. The lowest BCUT2D eigenvalue weighted by Crippen LogP contribution is -2.41. The van der Waals surface area contributed by atoms with Crippen molar-refractivity contribution in [3.8, 4) is 0 Å². The maximum absolute atomic E-state index is 13.5. The highest BCUT2D eigenvalue weighted by atomic mass is 16.3. The van der Waals surface area contributed by atoms with Crippen molar-refractivity contribution < 1.29 is 9.90 Å². The summed E-state index contributed by atoms with van der Waals surface area (Å²) in [5, 5.41) is 19.2. The highest BCUT2D eigenvalue weighted by Crippen LogP contribution is 2.49. The van der Waals surface area contributed by atoms with Crippen LogP contribution >= 0.6 is 0 Å². The molecule has 7 nitrogen and oxygen atoms in total. The third-order valence-corrected chi connectivity index (χ3v) is 7.11. The molecule has 1 saturated heterocycles. The number of rotatable bonds is 4. The molecule has 1 saturated carbocycles. The zero-order valence-corrected chi connectivity index (χ0v) is 17.9. The molecule has 30 heavy (non-hydrogen) atoms. The van der Waals surface area contributed by atoms with Gasteiger partial charge in [-0.2, -0.15) is 0 Å². The zero-order valence-electron chi connectivity index (χ0n) is 17.9. The molecule has 3 aliphatic rings. The molecule has 0 spiro atoms. The largest absolute Gasteiger partial charge is 0.392 e. The van der Waals surface area contributed by atoms with Crippen molar-refractivity contribution in [2.45, 2.75) is 69.7 Å². The summed E-state index contributed by atoms with van der Waals surface area (Å²) in [5.41, 5.74) is 0.825. The van der Waals surface area contributed by atoms with Gasteiger partial charge in [-0.05, 0) is 38.7 Å². The van der Waals surface area contributed by atoms with E-state index >= 15 is 0 Å². The van der Waals surface area contributed by atoms with Gasteiger partial charge in [0.1, 0.15) is 5.82 Å². The van der Waals surface area contributed by atoms with E-state index in [2.05, 4.69) is 45.6 Å². The van der Waals surface area contributed by atoms with Gasteiger partial charge in [-0.1, -0.05) is 30.3 Å². The van der Waals surface area contributed by atoms with Gasteiger partial charge in [-0.25, -0.2) is 0 Å². The first-order valence-corrected chi connectivity index (χ1v) is 11.2. The Kier molecular flexibility index (Phi) is 4.90. The van der Waals surface area contributed by atoms with Crippen molar-refractivity contribution in [2.24, 2.45) is 0 Å². The third kappa shape index (κ3) is 3.24. The van der Waals surface area contributed by atoms with Crippen molar-refractivity contribution >= 4 is 5.91 Å². The molecule has 0 unspecified atom stereocenters. The predicted octanol–water partition coefficient (Wildman–Crippen LogP) is 1.91. The molecular formula is C23H31N5O2. The molecule has 1 aromatic heterocycles. The number of nitrogens with zero attached hydrogens (tertiary/aromatic N) is 5. The Morgan fingerprint density at radius 2 is 1.90 bits per heavy atom. The lowest BCUT2D eigenvalue weighted by atomic mass is 9.94. The average Bonchev–Trinajstić information content (AvgIpc) is 3.39. The van der Waals surface area contributed by atoms with Crippen molar-refractivity contribution in [1.29, 1.82) is 0 Å². The Balaban J connectivity index is 1.35. The lowest BCUT2D eigenvalue weighted by molar-refractivity contribution is -0.134. The van der Waals surface area contributed by atoms with Gasteiger partial charge in [0, 0.05) is 38.6 Å². The standard InChI is InChI=1S/C23H31N5O2/c1-16(2)28-15-18(29)14-19(28)21-25-24-20-8-11-26(12-13-27(20)21)22(30)23(9-10-23)17-6-4-3-5-7-17/h3-7,16,18-19,29H,8-15H2,1-2H3/t18-,19+/m1/s1. The first kappa shape index (κ1) is 19.7. The van der Waals surface area contributed by atoms with Gasteiger partial charge >= 0.3 is 0 Å². The lowest BCUT2D eigenvalue weighted by Gasteiger charge is -2.28. The highest BCUT2D eigenvalue weighted by molar-refractivity contribution is 5.91. The molecule has 3 heterocycles. The Labute approximate surface area is 177 Å². The van der Waals surface area contributed by atoms with Crippen LogP contribution in [0.3, 0.4) is 0 Å². The zero-order chi connectivity index (χ0) is 20.9. The summed E-state index contributed by atoms with van der Waals surface area (Å²) in [6.07, 6.45) is 2.96. The fourth-order valence-corrected chi connectivity index (χ4v) is 5.27. The monoisotopic (exact) mass is 409 g/mol. The second kappa shape index (κ2) is 7.46. The third-order valence-electron chi connectivity index (χ3n) is 7.11. The minimum absolute atomic E-state index is 0.0857. The summed E-state index contributed by atoms with van der Waals surface area (Å²) in [6, 6.07) is 10.6. The number of benzene rings is 1. The fraction of sp³-hybridized carbons (Fsp3) is 0.609. The van der Waals surface area contributed by atoms with E-state index in [1.807, 2.05) is 23.1 Å². The van der Waals surface area contributed by atoms with E-state index in [0.29, 0.717) is 38.6 Å². The number of β-amino-alcohol motifs (C(OH)–C–C–N with tert-alkyl or cyclic N) is 1. The molecule has 0 radical (unpaired) electrons. The van der Waals surface area contributed by atoms with Gasteiger partial charge in [-0.15, -0.1) is 10.2 Å². The molecule has 2 aliphatic heterocycles. The molecular weight excluding hydrogens is 378 g/mol. The number of fused-ring (bicyclic) bond motifs is 1. The maximum Gasteiger partial charge on any atom is 0.233 e. The quantitative estimate of drug-likeness (QED) is 0.835. The number of aliphatic hydroxyl groups is 1. The van der Waals surface area contributed by atoms with E-state index < -0.39 is 0 Å². The molecule has 1 amide bonds. The molecule has 5 rings (SSSR count). The van der Waals surface area contributed by atoms with Gasteiger partial charge in [0.25, 0.3) is 0 Å². The minimum Gasteiger partial charge on any atom is -0.392 e. The van der Waals surface area contributed by atoms with Crippen LogP contribution in [0.4, 0.5) is 0 Å². The van der Waals surface area contributed by atoms with E-state index in [1.165, 1.54) is 0 Å². The smallest absolute Gasteiger partial charge is 0.233 e. The van der Waals surface area contributed by atoms with Gasteiger partial charge < -0.3 is 14.6 Å². The van der Waals surface area contributed by atoms with Crippen molar-refractivity contribution in [3.05, 3.63) is 47.5 Å². The van der Waals surface area contributed by atoms with E-state index in [-0.39, 0.29) is 23.5 Å². The van der Waals surface area contributed by atoms with Gasteiger partial charge in [0.05, 0.1) is 17.6 Å². The van der Waals surface area contributed by atoms with Crippen LogP contribution in [0, 0.1) is 0 Å². The predicted molar refractivity (Wildman–Crippen MR) is 113 cm³/mol. The van der Waals surface area contributed by atoms with Gasteiger partial charge in [-0.3, -0.25) is 9.69 Å². The van der Waals surface area contributed by atoms with E-state index in [0.717, 1.165) is 36.5 Å². The van der Waals surface area contributed by atoms with Crippen LogP contribution in [0.25, 0.3) is 0 Å². The van der Waals surface area contributed by atoms with Gasteiger partial charge in [0.15, 0.2) is 5.82 Å². The van der Waals surface area contributed by atoms with Crippen molar-refractivity contribution in [3.63, 3.8) is 0 Å². The number of hydrogen-bond donors (Lipinski definition) is 1. The van der Waals surface area contributed by atoms with Crippen molar-refractivity contribution in [1.82, 2.24) is 24.6 Å². The van der Waals surface area contributed by atoms with E-state index in [9.17, 15) is 9.90 Å². The molecule has 1 N–H and O–H groups in total. The summed E-state index contributed by atoms with van der Waals surface area (Å²) in [7, 11) is 0. The van der Waals surface area contributed by atoms with Crippen LogP contribution in [0.2, 0.25) is 0 Å². The Morgan fingerprint density at radius 3 is 2.60 bits per heavy atom. The molecule has 1 aliphatic carbocycles. The SMILES string of the molecule is CC(C)N1C[C@H](O)C[C@H]1c1nnc2n1CCN(C(=O)C1(c3ccccc3)CC1)CC2. The summed E-state index contributed by atoms with van der Waals surface area (Å²) >= 11 is 0. The second-order valence-corrected chi connectivity index (χ2v) is 9.31. The Bertz CT molecular complexity index is 921. The molecule has 2 fully saturated rings.